The molecule has 0 aliphatic carbocycles. The molecule has 1 saturated heterocycles. The molecule has 1 N–H and O–H groups in total. The lowest BCUT2D eigenvalue weighted by atomic mass is 10.0. The predicted molar refractivity (Wildman–Crippen MR) is 90.4 cm³/mol. The largest absolute Gasteiger partial charge is 0.468 e. The molecule has 0 radical (unpaired) electrons. The average molecular weight is 344 g/mol. The van der Waals surface area contributed by atoms with Crippen molar-refractivity contribution in [3.05, 3.63) is 36.1 Å². The lowest BCUT2D eigenvalue weighted by molar-refractivity contribution is 0.0676. The van der Waals surface area contributed by atoms with Crippen molar-refractivity contribution in [1.29, 1.82) is 0 Å². The fraction of sp³-hybridized carbons (Fsp3) is 0.389. The van der Waals surface area contributed by atoms with E-state index >= 15 is 0 Å². The first kappa shape index (κ1) is 15.7. The minimum absolute atomic E-state index is 0.111. The molecular formula is C18H20N2O5. The van der Waals surface area contributed by atoms with Crippen LogP contribution in [0, 0.1) is 0 Å². The van der Waals surface area contributed by atoms with E-state index in [0.717, 1.165) is 36.6 Å². The monoisotopic (exact) mass is 344 g/mol. The summed E-state index contributed by atoms with van der Waals surface area (Å²) in [5, 5.41) is 3.48. The highest BCUT2D eigenvalue weighted by Crippen LogP contribution is 2.34. The summed E-state index contributed by atoms with van der Waals surface area (Å²) in [5.41, 5.74) is 0.961. The summed E-state index contributed by atoms with van der Waals surface area (Å²) in [6, 6.07) is 9.27. The zero-order chi connectivity index (χ0) is 17.2. The molecule has 7 heteroatoms. The van der Waals surface area contributed by atoms with Crippen LogP contribution in [0.3, 0.4) is 0 Å². The van der Waals surface area contributed by atoms with Crippen LogP contribution >= 0.6 is 0 Å². The number of rotatable bonds is 4. The van der Waals surface area contributed by atoms with Crippen LogP contribution in [0.2, 0.25) is 0 Å². The molecule has 1 amide bonds. The number of fused-ring (bicyclic) bond motifs is 1. The molecule has 2 aromatic rings. The maximum atomic E-state index is 12.6. The molecule has 0 bridgehead atoms. The fourth-order valence-electron chi connectivity index (χ4n) is 3.20. The van der Waals surface area contributed by atoms with Crippen LogP contribution in [0.4, 0.5) is 5.69 Å². The van der Waals surface area contributed by atoms with Crippen LogP contribution in [-0.4, -0.2) is 43.8 Å². The smallest absolute Gasteiger partial charge is 0.289 e. The molecule has 2 aliphatic rings. The number of methoxy groups -OCH3 is 1. The SMILES string of the molecule is COc1ccc(C(=O)N2CCC[C@H](Nc3ccc4c(c3)OCO4)C2)o1. The van der Waals surface area contributed by atoms with Crippen LogP contribution < -0.4 is 19.5 Å². The molecule has 25 heavy (non-hydrogen) atoms. The summed E-state index contributed by atoms with van der Waals surface area (Å²) in [5.74, 6) is 2.05. The highest BCUT2D eigenvalue weighted by molar-refractivity contribution is 5.91. The van der Waals surface area contributed by atoms with Crippen molar-refractivity contribution in [2.75, 3.05) is 32.3 Å². The second-order valence-electron chi connectivity index (χ2n) is 6.13. The van der Waals surface area contributed by atoms with Gasteiger partial charge in [0.2, 0.25) is 6.79 Å². The minimum atomic E-state index is -0.111. The van der Waals surface area contributed by atoms with Gasteiger partial charge in [-0.3, -0.25) is 4.79 Å². The van der Waals surface area contributed by atoms with Gasteiger partial charge in [-0.25, -0.2) is 0 Å². The van der Waals surface area contributed by atoms with E-state index in [4.69, 9.17) is 18.6 Å². The second kappa shape index (κ2) is 6.58. The van der Waals surface area contributed by atoms with Crippen molar-refractivity contribution in [2.24, 2.45) is 0 Å². The molecule has 0 saturated carbocycles. The molecule has 1 aromatic heterocycles. The molecule has 7 nitrogen and oxygen atoms in total. The highest BCUT2D eigenvalue weighted by Gasteiger charge is 2.26. The summed E-state index contributed by atoms with van der Waals surface area (Å²) in [4.78, 5) is 14.4. The Labute approximate surface area is 145 Å². The fourth-order valence-corrected chi connectivity index (χ4v) is 3.20. The van der Waals surface area contributed by atoms with Gasteiger partial charge in [-0.05, 0) is 31.0 Å². The minimum Gasteiger partial charge on any atom is -0.468 e. The summed E-state index contributed by atoms with van der Waals surface area (Å²) >= 11 is 0. The van der Waals surface area contributed by atoms with E-state index in [9.17, 15) is 4.79 Å². The number of hydrogen-bond acceptors (Lipinski definition) is 6. The van der Waals surface area contributed by atoms with Gasteiger partial charge < -0.3 is 28.8 Å². The van der Waals surface area contributed by atoms with Crippen LogP contribution in [-0.2, 0) is 0 Å². The van der Waals surface area contributed by atoms with Crippen molar-refractivity contribution in [3.63, 3.8) is 0 Å². The lowest BCUT2D eigenvalue weighted by Gasteiger charge is -2.33. The third kappa shape index (κ3) is 3.22. The Morgan fingerprint density at radius 3 is 2.96 bits per heavy atom. The zero-order valence-corrected chi connectivity index (χ0v) is 14.0. The van der Waals surface area contributed by atoms with Gasteiger partial charge in [0.05, 0.1) is 7.11 Å². The van der Waals surface area contributed by atoms with Gasteiger partial charge in [0.25, 0.3) is 11.9 Å². The number of furan rings is 1. The molecule has 3 heterocycles. The number of hydrogen-bond donors (Lipinski definition) is 1. The molecule has 1 aromatic carbocycles. The summed E-state index contributed by atoms with van der Waals surface area (Å²) in [7, 11) is 1.51. The Kier molecular flexibility index (Phi) is 4.13. The number of carbonyl (C=O) groups excluding carboxylic acids is 1. The van der Waals surface area contributed by atoms with E-state index in [1.54, 1.807) is 12.1 Å². The summed E-state index contributed by atoms with van der Waals surface area (Å²) in [6.45, 7) is 1.61. The van der Waals surface area contributed by atoms with Crippen molar-refractivity contribution >= 4 is 11.6 Å². The standard InChI is InChI=1S/C18H20N2O5/c1-22-17-7-6-15(25-17)18(21)20-8-2-3-13(10-20)19-12-4-5-14-16(9-12)24-11-23-14/h4-7,9,13,19H,2-3,8,10-11H2,1H3/t13-/m0/s1. The maximum absolute atomic E-state index is 12.6. The summed E-state index contributed by atoms with van der Waals surface area (Å²) < 4.78 is 21.1. The molecule has 1 atom stereocenters. The Morgan fingerprint density at radius 2 is 2.12 bits per heavy atom. The molecule has 4 rings (SSSR count). The first-order valence-electron chi connectivity index (χ1n) is 8.32. The topological polar surface area (TPSA) is 73.2 Å². The van der Waals surface area contributed by atoms with Crippen LogP contribution in [0.5, 0.6) is 17.4 Å². The highest BCUT2D eigenvalue weighted by atomic mass is 16.7. The quantitative estimate of drug-likeness (QED) is 0.919. The number of benzene rings is 1. The third-order valence-electron chi connectivity index (χ3n) is 4.45. The average Bonchev–Trinajstić information content (AvgIpc) is 3.30. The van der Waals surface area contributed by atoms with E-state index < -0.39 is 0 Å². The first-order chi connectivity index (χ1) is 12.2. The Bertz CT molecular complexity index is 773. The van der Waals surface area contributed by atoms with Crippen molar-refractivity contribution in [1.82, 2.24) is 4.90 Å². The number of ether oxygens (including phenoxy) is 3. The van der Waals surface area contributed by atoms with Gasteiger partial charge in [-0.2, -0.15) is 0 Å². The van der Waals surface area contributed by atoms with Crippen molar-refractivity contribution < 1.29 is 23.4 Å². The van der Waals surface area contributed by atoms with Gasteiger partial charge in [-0.15, -0.1) is 0 Å². The van der Waals surface area contributed by atoms with Crippen LogP contribution in [0.25, 0.3) is 0 Å². The van der Waals surface area contributed by atoms with E-state index in [2.05, 4.69) is 5.32 Å². The van der Waals surface area contributed by atoms with Crippen molar-refractivity contribution in [2.45, 2.75) is 18.9 Å². The number of piperidine rings is 1. The number of anilines is 1. The van der Waals surface area contributed by atoms with Gasteiger partial charge in [0.1, 0.15) is 0 Å². The molecule has 2 aliphatic heterocycles. The molecular weight excluding hydrogens is 324 g/mol. The Balaban J connectivity index is 1.41. The number of nitrogens with one attached hydrogen (secondary N) is 1. The third-order valence-corrected chi connectivity index (χ3v) is 4.45. The van der Waals surface area contributed by atoms with Gasteiger partial charge in [0.15, 0.2) is 17.3 Å². The number of amides is 1. The molecule has 0 unspecified atom stereocenters. The first-order valence-corrected chi connectivity index (χ1v) is 8.32. The number of likely N-dealkylation sites (tertiary alicyclic amines) is 1. The Morgan fingerprint density at radius 1 is 1.24 bits per heavy atom. The number of nitrogens with zero attached hydrogens (tertiary/aromatic N) is 1. The van der Waals surface area contributed by atoms with E-state index in [1.165, 1.54) is 7.11 Å². The van der Waals surface area contributed by atoms with E-state index in [-0.39, 0.29) is 18.7 Å². The van der Waals surface area contributed by atoms with Crippen LogP contribution in [0.15, 0.2) is 34.7 Å². The van der Waals surface area contributed by atoms with Crippen LogP contribution in [0.1, 0.15) is 23.4 Å². The molecule has 132 valence electrons. The zero-order valence-electron chi connectivity index (χ0n) is 14.0. The van der Waals surface area contributed by atoms with Crippen molar-refractivity contribution in [3.8, 4) is 17.4 Å². The number of carbonyl (C=O) groups is 1. The molecule has 0 spiro atoms. The van der Waals surface area contributed by atoms with E-state index in [1.807, 2.05) is 23.1 Å². The summed E-state index contributed by atoms with van der Waals surface area (Å²) in [6.07, 6.45) is 1.94. The second-order valence-corrected chi connectivity index (χ2v) is 6.13. The van der Waals surface area contributed by atoms with Gasteiger partial charge in [0, 0.05) is 37.0 Å². The maximum Gasteiger partial charge on any atom is 0.289 e. The normalized spacial score (nSPS) is 18.9. The Hall–Kier alpha value is -2.83. The molecule has 1 fully saturated rings. The van der Waals surface area contributed by atoms with Gasteiger partial charge >= 0.3 is 0 Å². The lowest BCUT2D eigenvalue weighted by Crippen LogP contribution is -2.45. The van der Waals surface area contributed by atoms with Gasteiger partial charge in [-0.1, -0.05) is 0 Å². The van der Waals surface area contributed by atoms with E-state index in [0.29, 0.717) is 18.3 Å². The predicted octanol–water partition coefficient (Wildman–Crippen LogP) is 2.73.